The molecule has 0 saturated carbocycles. The van der Waals surface area contributed by atoms with Crippen LogP contribution in [0.1, 0.15) is 31.3 Å². The second-order valence-corrected chi connectivity index (χ2v) is 4.34. The fourth-order valence-electron chi connectivity index (χ4n) is 1.21. The maximum absolute atomic E-state index is 11.9. The van der Waals surface area contributed by atoms with Crippen LogP contribution in [-0.2, 0) is 4.79 Å². The molecule has 1 amide bonds. The third-order valence-corrected chi connectivity index (χ3v) is 2.01. The van der Waals surface area contributed by atoms with Crippen LogP contribution >= 0.6 is 0 Å². The average Bonchev–Trinajstić information content (AvgIpc) is 2.63. The summed E-state index contributed by atoms with van der Waals surface area (Å²) in [5.41, 5.74) is -0.481. The normalized spacial score (nSPS) is 11.2. The zero-order valence-corrected chi connectivity index (χ0v) is 9.43. The molecule has 0 aromatic carbocycles. The number of hydrogen-bond donors (Lipinski definition) is 1. The number of amides is 1. The Kier molecular flexibility index (Phi) is 3.31. The van der Waals surface area contributed by atoms with Crippen LogP contribution < -0.4 is 0 Å². The van der Waals surface area contributed by atoms with E-state index in [1.807, 2.05) is 0 Å². The van der Waals surface area contributed by atoms with Crippen molar-refractivity contribution in [1.82, 2.24) is 10.1 Å². The van der Waals surface area contributed by atoms with Crippen LogP contribution in [0.15, 0.2) is 16.9 Å². The number of carbonyl (C=O) groups is 2. The van der Waals surface area contributed by atoms with E-state index < -0.39 is 17.4 Å². The molecule has 16 heavy (non-hydrogen) atoms. The molecule has 0 aliphatic carbocycles. The van der Waals surface area contributed by atoms with Gasteiger partial charge in [0, 0.05) is 11.6 Å². The number of aliphatic carboxylic acids is 1. The summed E-state index contributed by atoms with van der Waals surface area (Å²) in [4.78, 5) is 23.9. The lowest BCUT2D eigenvalue weighted by atomic mass is 10.1. The van der Waals surface area contributed by atoms with Crippen molar-refractivity contribution in [2.75, 3.05) is 6.54 Å². The van der Waals surface area contributed by atoms with Gasteiger partial charge >= 0.3 is 5.97 Å². The van der Waals surface area contributed by atoms with Gasteiger partial charge in [-0.15, -0.1) is 0 Å². The lowest BCUT2D eigenvalue weighted by Crippen LogP contribution is -2.48. The van der Waals surface area contributed by atoms with E-state index >= 15 is 0 Å². The molecule has 0 atom stereocenters. The molecule has 0 bridgehead atoms. The Bertz CT molecular complexity index is 378. The zero-order chi connectivity index (χ0) is 12.3. The molecule has 1 rings (SSSR count). The Morgan fingerprint density at radius 1 is 1.50 bits per heavy atom. The highest BCUT2D eigenvalue weighted by Gasteiger charge is 2.30. The molecule has 0 fully saturated rings. The van der Waals surface area contributed by atoms with Crippen LogP contribution in [0, 0.1) is 0 Å². The topological polar surface area (TPSA) is 83.6 Å². The van der Waals surface area contributed by atoms with Crippen LogP contribution in [0.3, 0.4) is 0 Å². The first-order chi connectivity index (χ1) is 7.32. The SMILES string of the molecule is CC(C)(C)N(CC(=O)O)C(=O)c1ccon1. The van der Waals surface area contributed by atoms with E-state index in [0.717, 1.165) is 0 Å². The van der Waals surface area contributed by atoms with Crippen LogP contribution in [0.5, 0.6) is 0 Å². The lowest BCUT2D eigenvalue weighted by molar-refractivity contribution is -0.138. The highest BCUT2D eigenvalue weighted by molar-refractivity contribution is 5.94. The largest absolute Gasteiger partial charge is 0.480 e. The van der Waals surface area contributed by atoms with E-state index in [2.05, 4.69) is 9.68 Å². The van der Waals surface area contributed by atoms with Gasteiger partial charge in [-0.1, -0.05) is 5.16 Å². The molecule has 0 saturated heterocycles. The van der Waals surface area contributed by atoms with Crippen LogP contribution in [0.4, 0.5) is 0 Å². The van der Waals surface area contributed by atoms with Crippen molar-refractivity contribution in [3.05, 3.63) is 18.0 Å². The van der Waals surface area contributed by atoms with Gasteiger partial charge < -0.3 is 14.5 Å². The number of rotatable bonds is 3. The fourth-order valence-corrected chi connectivity index (χ4v) is 1.21. The summed E-state index contributed by atoms with van der Waals surface area (Å²) in [6.07, 6.45) is 1.27. The van der Waals surface area contributed by atoms with Gasteiger partial charge in [0.15, 0.2) is 5.69 Å². The van der Waals surface area contributed by atoms with Gasteiger partial charge in [0.2, 0.25) is 0 Å². The highest BCUT2D eigenvalue weighted by atomic mass is 16.5. The molecule has 1 N–H and O–H groups in total. The minimum absolute atomic E-state index is 0.108. The molecule has 1 aromatic heterocycles. The van der Waals surface area contributed by atoms with Crippen LogP contribution in [0.2, 0.25) is 0 Å². The van der Waals surface area contributed by atoms with E-state index in [1.165, 1.54) is 17.2 Å². The third kappa shape index (κ3) is 2.82. The van der Waals surface area contributed by atoms with Crippen molar-refractivity contribution in [3.8, 4) is 0 Å². The molecule has 6 heteroatoms. The van der Waals surface area contributed by atoms with Crippen LogP contribution in [0.25, 0.3) is 0 Å². The van der Waals surface area contributed by atoms with Gasteiger partial charge in [0.25, 0.3) is 5.91 Å². The van der Waals surface area contributed by atoms with Crippen molar-refractivity contribution in [2.24, 2.45) is 0 Å². The minimum Gasteiger partial charge on any atom is -0.480 e. The predicted molar refractivity (Wildman–Crippen MR) is 54.9 cm³/mol. The second kappa shape index (κ2) is 4.34. The van der Waals surface area contributed by atoms with E-state index in [-0.39, 0.29) is 12.2 Å². The Hall–Kier alpha value is -1.85. The molecule has 0 radical (unpaired) electrons. The number of carboxylic acid groups (broad SMARTS) is 1. The summed E-state index contributed by atoms with van der Waals surface area (Å²) < 4.78 is 4.56. The molecule has 1 aromatic rings. The van der Waals surface area contributed by atoms with E-state index in [4.69, 9.17) is 5.11 Å². The maximum atomic E-state index is 11.9. The first kappa shape index (κ1) is 12.2. The molecule has 6 nitrogen and oxygen atoms in total. The van der Waals surface area contributed by atoms with Gasteiger partial charge in [-0.2, -0.15) is 0 Å². The molecule has 88 valence electrons. The third-order valence-electron chi connectivity index (χ3n) is 2.01. The first-order valence-corrected chi connectivity index (χ1v) is 4.76. The first-order valence-electron chi connectivity index (χ1n) is 4.76. The quantitative estimate of drug-likeness (QED) is 0.831. The molecule has 0 aliphatic rings. The summed E-state index contributed by atoms with van der Waals surface area (Å²) >= 11 is 0. The monoisotopic (exact) mass is 226 g/mol. The van der Waals surface area contributed by atoms with Crippen molar-refractivity contribution in [3.63, 3.8) is 0 Å². The summed E-state index contributed by atoms with van der Waals surface area (Å²) in [6.45, 7) is 4.91. The smallest absolute Gasteiger partial charge is 0.323 e. The number of carbonyl (C=O) groups excluding carboxylic acids is 1. The van der Waals surface area contributed by atoms with E-state index in [1.54, 1.807) is 20.8 Å². The second-order valence-electron chi connectivity index (χ2n) is 4.34. The standard InChI is InChI=1S/C10H14N2O4/c1-10(2,3)12(6-8(13)14)9(15)7-4-5-16-11-7/h4-5H,6H2,1-3H3,(H,13,14). The Labute approximate surface area is 92.8 Å². The van der Waals surface area contributed by atoms with Gasteiger partial charge in [-0.3, -0.25) is 9.59 Å². The number of hydrogen-bond acceptors (Lipinski definition) is 4. The van der Waals surface area contributed by atoms with E-state index in [9.17, 15) is 9.59 Å². The molecular weight excluding hydrogens is 212 g/mol. The summed E-state index contributed by atoms with van der Waals surface area (Å²) in [5.74, 6) is -1.52. The molecule has 0 spiro atoms. The Morgan fingerprint density at radius 3 is 2.50 bits per heavy atom. The van der Waals surface area contributed by atoms with Crippen LogP contribution in [-0.4, -0.2) is 39.1 Å². The molecular formula is C10H14N2O4. The molecule has 0 aliphatic heterocycles. The number of aromatic nitrogens is 1. The number of carboxylic acids is 1. The summed E-state index contributed by atoms with van der Waals surface area (Å²) in [6, 6.07) is 1.41. The van der Waals surface area contributed by atoms with Gasteiger partial charge in [0.05, 0.1) is 0 Å². The van der Waals surface area contributed by atoms with Gasteiger partial charge in [0.1, 0.15) is 12.8 Å². The lowest BCUT2D eigenvalue weighted by Gasteiger charge is -2.33. The fraction of sp³-hybridized carbons (Fsp3) is 0.500. The maximum Gasteiger partial charge on any atom is 0.323 e. The summed E-state index contributed by atoms with van der Waals surface area (Å²) in [7, 11) is 0. The highest BCUT2D eigenvalue weighted by Crippen LogP contribution is 2.16. The van der Waals surface area contributed by atoms with Crippen molar-refractivity contribution < 1.29 is 19.2 Å². The Morgan fingerprint density at radius 2 is 2.12 bits per heavy atom. The van der Waals surface area contributed by atoms with Crippen molar-refractivity contribution in [2.45, 2.75) is 26.3 Å². The van der Waals surface area contributed by atoms with Crippen molar-refractivity contribution in [1.29, 1.82) is 0 Å². The zero-order valence-electron chi connectivity index (χ0n) is 9.43. The molecule has 1 heterocycles. The molecule has 0 unspecified atom stereocenters. The van der Waals surface area contributed by atoms with Gasteiger partial charge in [-0.05, 0) is 20.8 Å². The number of nitrogens with zero attached hydrogens (tertiary/aromatic N) is 2. The minimum atomic E-state index is -1.06. The van der Waals surface area contributed by atoms with Gasteiger partial charge in [-0.25, -0.2) is 0 Å². The van der Waals surface area contributed by atoms with Crippen molar-refractivity contribution >= 4 is 11.9 Å². The average molecular weight is 226 g/mol. The summed E-state index contributed by atoms with van der Waals surface area (Å²) in [5, 5.41) is 12.3. The van der Waals surface area contributed by atoms with E-state index in [0.29, 0.717) is 0 Å². The predicted octanol–water partition coefficient (Wildman–Crippen LogP) is 1.000. The Balaban J connectivity index is 2.94.